The summed E-state index contributed by atoms with van der Waals surface area (Å²) in [6.45, 7) is 3.65. The van der Waals surface area contributed by atoms with Crippen molar-refractivity contribution in [1.29, 1.82) is 0 Å². The predicted octanol–water partition coefficient (Wildman–Crippen LogP) is 3.29. The predicted molar refractivity (Wildman–Crippen MR) is 118 cm³/mol. The summed E-state index contributed by atoms with van der Waals surface area (Å²) in [5.74, 6) is -0.0848. The Bertz CT molecular complexity index is 1050. The zero-order valence-electron chi connectivity index (χ0n) is 17.7. The van der Waals surface area contributed by atoms with Crippen molar-refractivity contribution in [3.05, 3.63) is 64.6 Å². The highest BCUT2D eigenvalue weighted by Crippen LogP contribution is 2.41. The third-order valence-corrected chi connectivity index (χ3v) is 6.18. The molecule has 6 nitrogen and oxygen atoms in total. The first-order chi connectivity index (χ1) is 15.0. The maximum Gasteiger partial charge on any atom is 0.253 e. The van der Waals surface area contributed by atoms with Gasteiger partial charge in [-0.1, -0.05) is 25.1 Å². The molecule has 1 unspecified atom stereocenters. The number of rotatable bonds is 5. The average molecular weight is 423 g/mol. The molecule has 31 heavy (non-hydrogen) atoms. The van der Waals surface area contributed by atoms with E-state index >= 15 is 0 Å². The minimum absolute atomic E-state index is 0.114. The van der Waals surface area contributed by atoms with Crippen LogP contribution in [0.2, 0.25) is 0 Å². The number of allylic oxidation sites excluding steroid dienone is 2. The summed E-state index contributed by atoms with van der Waals surface area (Å²) in [6, 6.07) is 6.49. The summed E-state index contributed by atoms with van der Waals surface area (Å²) < 4.78 is 13.7. The summed E-state index contributed by atoms with van der Waals surface area (Å²) in [7, 11) is 0. The molecule has 7 heteroatoms. The number of benzene rings is 1. The largest absolute Gasteiger partial charge is 0.383 e. The van der Waals surface area contributed by atoms with E-state index in [2.05, 4.69) is 10.3 Å². The van der Waals surface area contributed by atoms with Crippen molar-refractivity contribution in [3.63, 3.8) is 0 Å². The van der Waals surface area contributed by atoms with Crippen LogP contribution < -0.4 is 11.1 Å². The number of anilines is 1. The molecule has 1 aliphatic carbocycles. The second-order valence-electron chi connectivity index (χ2n) is 8.14. The summed E-state index contributed by atoms with van der Waals surface area (Å²) in [6.07, 6.45) is 6.60. The zero-order valence-corrected chi connectivity index (χ0v) is 17.7. The number of hydrogen-bond donors (Lipinski definition) is 2. The van der Waals surface area contributed by atoms with Crippen molar-refractivity contribution >= 4 is 23.2 Å². The van der Waals surface area contributed by atoms with Crippen molar-refractivity contribution in [2.75, 3.05) is 25.4 Å². The molecule has 1 aromatic carbocycles. The number of nitrogens with two attached hydrogens (primary N) is 1. The van der Waals surface area contributed by atoms with E-state index in [1.807, 2.05) is 19.1 Å². The van der Waals surface area contributed by atoms with E-state index in [9.17, 15) is 14.0 Å². The molecular formula is C24H27FN4O2. The third kappa shape index (κ3) is 4.31. The quantitative estimate of drug-likeness (QED) is 0.774. The monoisotopic (exact) mass is 422 g/mol. The smallest absolute Gasteiger partial charge is 0.253 e. The van der Waals surface area contributed by atoms with Gasteiger partial charge < -0.3 is 16.0 Å². The third-order valence-electron chi connectivity index (χ3n) is 6.18. The number of amides is 2. The van der Waals surface area contributed by atoms with Crippen LogP contribution in [0, 0.1) is 5.82 Å². The van der Waals surface area contributed by atoms with Crippen molar-refractivity contribution in [2.45, 2.75) is 38.5 Å². The Morgan fingerprint density at radius 2 is 2.19 bits per heavy atom. The lowest BCUT2D eigenvalue weighted by molar-refractivity contribution is -0.133. The summed E-state index contributed by atoms with van der Waals surface area (Å²) in [4.78, 5) is 30.9. The Kier molecular flexibility index (Phi) is 6.02. The highest BCUT2D eigenvalue weighted by molar-refractivity contribution is 5.97. The van der Waals surface area contributed by atoms with Crippen LogP contribution in [0.1, 0.15) is 59.2 Å². The van der Waals surface area contributed by atoms with Crippen molar-refractivity contribution < 1.29 is 14.0 Å². The van der Waals surface area contributed by atoms with Crippen LogP contribution in [0.5, 0.6) is 0 Å². The molecule has 2 heterocycles. The zero-order chi connectivity index (χ0) is 22.0. The SMILES string of the molecule is CC1C(c2cccc(F)c2)=CCc2c(C(=O)NCCN3CCCCC3=O)cnc(N)c21. The molecule has 4 rings (SSSR count). The van der Waals surface area contributed by atoms with Gasteiger partial charge in [0.05, 0.1) is 5.56 Å². The van der Waals surface area contributed by atoms with Gasteiger partial charge in [0.25, 0.3) is 5.91 Å². The van der Waals surface area contributed by atoms with Crippen molar-refractivity contribution in [3.8, 4) is 0 Å². The lowest BCUT2D eigenvalue weighted by Crippen LogP contribution is -2.41. The number of carbonyl (C=O) groups is 2. The van der Waals surface area contributed by atoms with Gasteiger partial charge in [0.15, 0.2) is 0 Å². The number of halogens is 1. The number of pyridine rings is 1. The molecule has 2 aromatic rings. The van der Waals surface area contributed by atoms with Gasteiger partial charge in [-0.25, -0.2) is 9.37 Å². The van der Waals surface area contributed by atoms with Gasteiger partial charge in [-0.3, -0.25) is 9.59 Å². The first kappa shape index (κ1) is 21.0. The Hall–Kier alpha value is -3.22. The number of hydrogen-bond acceptors (Lipinski definition) is 4. The Balaban J connectivity index is 1.51. The topological polar surface area (TPSA) is 88.3 Å². The van der Waals surface area contributed by atoms with E-state index in [4.69, 9.17) is 5.73 Å². The number of nitrogens with one attached hydrogen (secondary N) is 1. The fraction of sp³-hybridized carbons (Fsp3) is 0.375. The van der Waals surface area contributed by atoms with Gasteiger partial charge in [-0.2, -0.15) is 0 Å². The van der Waals surface area contributed by atoms with Gasteiger partial charge in [-0.05, 0) is 48.1 Å². The second-order valence-corrected chi connectivity index (χ2v) is 8.14. The number of likely N-dealkylation sites (tertiary alicyclic amines) is 1. The van der Waals surface area contributed by atoms with E-state index in [-0.39, 0.29) is 23.5 Å². The fourth-order valence-corrected chi connectivity index (χ4v) is 4.56. The van der Waals surface area contributed by atoms with E-state index < -0.39 is 0 Å². The highest BCUT2D eigenvalue weighted by atomic mass is 19.1. The molecule has 0 spiro atoms. The standard InChI is InChI=1S/C24H27FN4O2/c1-15-18(16-5-4-6-17(25)13-16)8-9-19-20(14-28-23(26)22(15)19)24(31)27-10-12-29-11-3-2-7-21(29)30/h4-6,8,13-15H,2-3,7,9-12H2,1H3,(H2,26,28)(H,27,31). The lowest BCUT2D eigenvalue weighted by atomic mass is 9.79. The summed E-state index contributed by atoms with van der Waals surface area (Å²) in [5, 5.41) is 2.92. The molecule has 2 aliphatic rings. The second kappa shape index (κ2) is 8.88. The normalized spacial score (nSPS) is 18.4. The number of carbonyl (C=O) groups excluding carboxylic acids is 2. The van der Waals surface area contributed by atoms with E-state index in [0.717, 1.165) is 41.6 Å². The van der Waals surface area contributed by atoms with E-state index in [1.165, 1.54) is 18.3 Å². The Labute approximate surface area is 181 Å². The number of aromatic nitrogens is 1. The number of nitrogen functional groups attached to an aromatic ring is 1. The van der Waals surface area contributed by atoms with Crippen molar-refractivity contribution in [2.24, 2.45) is 0 Å². The van der Waals surface area contributed by atoms with Crippen LogP contribution in [-0.2, 0) is 11.2 Å². The molecule has 0 radical (unpaired) electrons. The molecule has 1 aromatic heterocycles. The first-order valence-corrected chi connectivity index (χ1v) is 10.7. The molecule has 2 amide bonds. The lowest BCUT2D eigenvalue weighted by Gasteiger charge is -2.28. The Morgan fingerprint density at radius 1 is 1.35 bits per heavy atom. The first-order valence-electron chi connectivity index (χ1n) is 10.7. The highest BCUT2D eigenvalue weighted by Gasteiger charge is 2.28. The van der Waals surface area contributed by atoms with Gasteiger partial charge in [0.1, 0.15) is 11.6 Å². The van der Waals surface area contributed by atoms with Crippen LogP contribution in [-0.4, -0.2) is 41.3 Å². The fourth-order valence-electron chi connectivity index (χ4n) is 4.56. The van der Waals surface area contributed by atoms with Gasteiger partial charge in [-0.15, -0.1) is 0 Å². The van der Waals surface area contributed by atoms with E-state index in [0.29, 0.717) is 37.3 Å². The van der Waals surface area contributed by atoms with Gasteiger partial charge in [0, 0.05) is 43.7 Å². The van der Waals surface area contributed by atoms with E-state index in [1.54, 1.807) is 11.0 Å². The minimum Gasteiger partial charge on any atom is -0.383 e. The number of piperidine rings is 1. The van der Waals surface area contributed by atoms with Crippen molar-refractivity contribution in [1.82, 2.24) is 15.2 Å². The number of fused-ring (bicyclic) bond motifs is 1. The molecule has 1 atom stereocenters. The summed E-state index contributed by atoms with van der Waals surface area (Å²) >= 11 is 0. The summed E-state index contributed by atoms with van der Waals surface area (Å²) in [5.41, 5.74) is 10.1. The van der Waals surface area contributed by atoms with Crippen LogP contribution in [0.15, 0.2) is 36.5 Å². The number of nitrogens with zero attached hydrogens (tertiary/aromatic N) is 2. The molecule has 0 bridgehead atoms. The van der Waals surface area contributed by atoms with Crippen LogP contribution >= 0.6 is 0 Å². The minimum atomic E-state index is -0.289. The van der Waals surface area contributed by atoms with Crippen LogP contribution in [0.3, 0.4) is 0 Å². The van der Waals surface area contributed by atoms with Crippen LogP contribution in [0.25, 0.3) is 5.57 Å². The maximum absolute atomic E-state index is 13.7. The molecule has 1 saturated heterocycles. The Morgan fingerprint density at radius 3 is 2.97 bits per heavy atom. The maximum atomic E-state index is 13.7. The molecule has 162 valence electrons. The average Bonchev–Trinajstić information content (AvgIpc) is 2.75. The molecule has 1 aliphatic heterocycles. The van der Waals surface area contributed by atoms with Gasteiger partial charge in [0.2, 0.25) is 5.91 Å². The molecule has 3 N–H and O–H groups in total. The molecule has 1 fully saturated rings. The van der Waals surface area contributed by atoms with Gasteiger partial charge >= 0.3 is 0 Å². The van der Waals surface area contributed by atoms with Crippen LogP contribution in [0.4, 0.5) is 10.2 Å². The molecular weight excluding hydrogens is 395 g/mol. The molecule has 0 saturated carbocycles.